The van der Waals surface area contributed by atoms with Gasteiger partial charge in [0.2, 0.25) is 0 Å². The van der Waals surface area contributed by atoms with Crippen molar-refractivity contribution in [3.8, 4) is 0 Å². The van der Waals surface area contributed by atoms with Gasteiger partial charge < -0.3 is 4.74 Å². The van der Waals surface area contributed by atoms with E-state index in [0.29, 0.717) is 6.10 Å². The van der Waals surface area contributed by atoms with Crippen molar-refractivity contribution in [2.45, 2.75) is 38.2 Å². The highest BCUT2D eigenvalue weighted by Crippen LogP contribution is 2.28. The van der Waals surface area contributed by atoms with Gasteiger partial charge in [0.1, 0.15) is 0 Å². The largest absolute Gasteiger partial charge is 0.381 e. The van der Waals surface area contributed by atoms with E-state index in [-0.39, 0.29) is 0 Å². The summed E-state index contributed by atoms with van der Waals surface area (Å²) in [4.78, 5) is 0. The average Bonchev–Trinajstić information content (AvgIpc) is 2.07. The summed E-state index contributed by atoms with van der Waals surface area (Å²) in [5.41, 5.74) is 0. The maximum absolute atomic E-state index is 5.67. The first kappa shape index (κ1) is 9.34. The molecule has 0 saturated heterocycles. The van der Waals surface area contributed by atoms with Gasteiger partial charge in [0.25, 0.3) is 0 Å². The van der Waals surface area contributed by atoms with Crippen molar-refractivity contribution in [3.63, 3.8) is 0 Å². The highest BCUT2D eigenvalue weighted by atomic mass is 35.5. The van der Waals surface area contributed by atoms with Crippen LogP contribution in [-0.2, 0) is 4.74 Å². The van der Waals surface area contributed by atoms with Gasteiger partial charge in [-0.05, 0) is 38.0 Å². The first-order valence-corrected chi connectivity index (χ1v) is 4.99. The first-order chi connectivity index (χ1) is 5.36. The lowest BCUT2D eigenvalue weighted by atomic mass is 9.86. The quantitative estimate of drug-likeness (QED) is 0.601. The van der Waals surface area contributed by atoms with Crippen LogP contribution in [0, 0.1) is 5.92 Å². The molecule has 2 heteroatoms. The van der Waals surface area contributed by atoms with Gasteiger partial charge in [0.15, 0.2) is 0 Å². The number of hydrogen-bond acceptors (Lipinski definition) is 1. The van der Waals surface area contributed by atoms with Crippen LogP contribution in [0.4, 0.5) is 0 Å². The summed E-state index contributed by atoms with van der Waals surface area (Å²) in [6.45, 7) is 0. The van der Waals surface area contributed by atoms with Gasteiger partial charge in [0, 0.05) is 13.0 Å². The predicted octanol–water partition coefficient (Wildman–Crippen LogP) is 2.82. The van der Waals surface area contributed by atoms with Crippen LogP contribution in [0.3, 0.4) is 0 Å². The molecule has 0 aromatic heterocycles. The van der Waals surface area contributed by atoms with Crippen molar-refractivity contribution in [3.05, 3.63) is 0 Å². The Kier molecular flexibility index (Phi) is 4.24. The molecule has 0 spiro atoms. The Hall–Kier alpha value is 0.250. The summed E-state index contributed by atoms with van der Waals surface area (Å²) in [5, 5.41) is 0. The standard InChI is InChI=1S/C9H17ClO/c1-11-9-4-2-8(3-5-9)6-7-10/h8-9H,2-7H2,1H3. The van der Waals surface area contributed by atoms with E-state index in [1.807, 2.05) is 7.11 Å². The summed E-state index contributed by atoms with van der Waals surface area (Å²) in [6.07, 6.45) is 6.81. The third kappa shape index (κ3) is 3.00. The molecular weight excluding hydrogens is 160 g/mol. The summed E-state index contributed by atoms with van der Waals surface area (Å²) in [5.74, 6) is 1.70. The van der Waals surface area contributed by atoms with Crippen LogP contribution in [0.1, 0.15) is 32.1 Å². The van der Waals surface area contributed by atoms with E-state index in [9.17, 15) is 0 Å². The fraction of sp³-hybridized carbons (Fsp3) is 1.00. The number of hydrogen-bond donors (Lipinski definition) is 0. The lowest BCUT2D eigenvalue weighted by molar-refractivity contribution is 0.0564. The Morgan fingerprint density at radius 2 is 1.91 bits per heavy atom. The second kappa shape index (κ2) is 5.00. The van der Waals surface area contributed by atoms with E-state index in [0.717, 1.165) is 11.8 Å². The zero-order chi connectivity index (χ0) is 8.10. The predicted molar refractivity (Wildman–Crippen MR) is 48.1 cm³/mol. The maximum atomic E-state index is 5.67. The Morgan fingerprint density at radius 1 is 1.27 bits per heavy atom. The fourth-order valence-electron chi connectivity index (χ4n) is 1.81. The van der Waals surface area contributed by atoms with E-state index in [2.05, 4.69) is 0 Å². The van der Waals surface area contributed by atoms with Crippen molar-refractivity contribution in [2.75, 3.05) is 13.0 Å². The third-order valence-electron chi connectivity index (χ3n) is 2.64. The van der Waals surface area contributed by atoms with Gasteiger partial charge in [0.05, 0.1) is 6.10 Å². The molecule has 0 N–H and O–H groups in total. The van der Waals surface area contributed by atoms with Gasteiger partial charge in [-0.3, -0.25) is 0 Å². The minimum atomic E-state index is 0.529. The van der Waals surface area contributed by atoms with Gasteiger partial charge in [-0.2, -0.15) is 0 Å². The molecule has 0 unspecified atom stereocenters. The van der Waals surface area contributed by atoms with E-state index in [1.165, 1.54) is 32.1 Å². The number of methoxy groups -OCH3 is 1. The Balaban J connectivity index is 2.14. The zero-order valence-electron chi connectivity index (χ0n) is 7.18. The lowest BCUT2D eigenvalue weighted by Gasteiger charge is -2.26. The van der Waals surface area contributed by atoms with Crippen LogP contribution >= 0.6 is 11.6 Å². The van der Waals surface area contributed by atoms with E-state index in [4.69, 9.17) is 16.3 Å². The molecule has 1 rings (SSSR count). The lowest BCUT2D eigenvalue weighted by Crippen LogP contribution is -2.20. The summed E-state index contributed by atoms with van der Waals surface area (Å²) >= 11 is 5.67. The third-order valence-corrected chi connectivity index (χ3v) is 2.86. The maximum Gasteiger partial charge on any atom is 0.0571 e. The monoisotopic (exact) mass is 176 g/mol. The van der Waals surface area contributed by atoms with Crippen LogP contribution in [0.2, 0.25) is 0 Å². The SMILES string of the molecule is COC1CCC(CCCl)CC1. The van der Waals surface area contributed by atoms with Crippen LogP contribution in [0.25, 0.3) is 0 Å². The molecule has 1 aliphatic rings. The van der Waals surface area contributed by atoms with Crippen molar-refractivity contribution in [1.82, 2.24) is 0 Å². The first-order valence-electron chi connectivity index (χ1n) is 4.45. The molecule has 11 heavy (non-hydrogen) atoms. The molecule has 0 amide bonds. The Morgan fingerprint density at radius 3 is 2.36 bits per heavy atom. The highest BCUT2D eigenvalue weighted by molar-refractivity contribution is 6.17. The molecule has 0 bridgehead atoms. The Bertz CT molecular complexity index is 97.7. The van der Waals surface area contributed by atoms with E-state index < -0.39 is 0 Å². The van der Waals surface area contributed by atoms with Gasteiger partial charge in [-0.25, -0.2) is 0 Å². The van der Waals surface area contributed by atoms with E-state index >= 15 is 0 Å². The topological polar surface area (TPSA) is 9.23 Å². The molecule has 0 aliphatic heterocycles. The van der Waals surface area contributed by atoms with Gasteiger partial charge in [-0.15, -0.1) is 11.6 Å². The summed E-state index contributed by atoms with van der Waals surface area (Å²) < 4.78 is 5.28. The second-order valence-electron chi connectivity index (χ2n) is 3.36. The molecule has 0 radical (unpaired) electrons. The number of halogens is 1. The molecule has 1 saturated carbocycles. The second-order valence-corrected chi connectivity index (χ2v) is 3.73. The molecule has 0 aromatic rings. The highest BCUT2D eigenvalue weighted by Gasteiger charge is 2.19. The number of alkyl halides is 1. The summed E-state index contributed by atoms with van der Waals surface area (Å²) in [6, 6.07) is 0. The summed E-state index contributed by atoms with van der Waals surface area (Å²) in [7, 11) is 1.81. The molecule has 0 atom stereocenters. The van der Waals surface area contributed by atoms with Crippen molar-refractivity contribution in [1.29, 1.82) is 0 Å². The number of rotatable bonds is 3. The molecule has 0 aromatic carbocycles. The molecular formula is C9H17ClO. The molecule has 1 nitrogen and oxygen atoms in total. The normalized spacial score (nSPS) is 32.2. The van der Waals surface area contributed by atoms with Crippen molar-refractivity contribution in [2.24, 2.45) is 5.92 Å². The smallest absolute Gasteiger partial charge is 0.0571 e. The van der Waals surface area contributed by atoms with E-state index in [1.54, 1.807) is 0 Å². The van der Waals surface area contributed by atoms with Gasteiger partial charge >= 0.3 is 0 Å². The van der Waals surface area contributed by atoms with Crippen molar-refractivity contribution < 1.29 is 4.74 Å². The molecule has 0 heterocycles. The fourth-order valence-corrected chi connectivity index (χ4v) is 2.12. The Labute approximate surface area is 74.1 Å². The van der Waals surface area contributed by atoms with Crippen LogP contribution < -0.4 is 0 Å². The zero-order valence-corrected chi connectivity index (χ0v) is 7.94. The minimum absolute atomic E-state index is 0.529. The minimum Gasteiger partial charge on any atom is -0.381 e. The van der Waals surface area contributed by atoms with Crippen molar-refractivity contribution >= 4 is 11.6 Å². The van der Waals surface area contributed by atoms with Crippen LogP contribution in [-0.4, -0.2) is 19.1 Å². The molecule has 1 fully saturated rings. The van der Waals surface area contributed by atoms with Crippen LogP contribution in [0.5, 0.6) is 0 Å². The van der Waals surface area contributed by atoms with Gasteiger partial charge in [-0.1, -0.05) is 0 Å². The molecule has 1 aliphatic carbocycles. The van der Waals surface area contributed by atoms with Crippen LogP contribution in [0.15, 0.2) is 0 Å². The average molecular weight is 177 g/mol. The number of ether oxygens (including phenoxy) is 1. The molecule has 66 valence electrons.